The second-order valence-electron chi connectivity index (χ2n) is 9.32. The number of hydrogen-bond donors (Lipinski definition) is 3. The Hall–Kier alpha value is -2.98. The molecule has 3 N–H and O–H groups in total. The van der Waals surface area contributed by atoms with E-state index < -0.39 is 5.82 Å². The minimum Gasteiger partial charge on any atom is -0.347 e. The second-order valence-corrected chi connectivity index (χ2v) is 9.73. The fraction of sp³-hybridized carbons (Fsp3) is 0.455. The second kappa shape index (κ2) is 7.26. The van der Waals surface area contributed by atoms with Crippen molar-refractivity contribution in [3.05, 3.63) is 40.6 Å². The van der Waals surface area contributed by atoms with Crippen LogP contribution in [-0.4, -0.2) is 54.7 Å². The van der Waals surface area contributed by atoms with Crippen LogP contribution in [0.2, 0.25) is 5.02 Å². The Morgan fingerprint density at radius 2 is 1.91 bits per heavy atom. The average Bonchev–Trinajstić information content (AvgIpc) is 3.30. The van der Waals surface area contributed by atoms with E-state index in [-0.39, 0.29) is 5.02 Å². The maximum atomic E-state index is 13.8. The number of aromatic amines is 1. The maximum Gasteiger partial charge on any atom is 0.230 e. The Morgan fingerprint density at radius 3 is 2.70 bits per heavy atom. The Balaban J connectivity index is 1.23. The summed E-state index contributed by atoms with van der Waals surface area (Å²) in [5.41, 5.74) is 3.29. The molecule has 33 heavy (non-hydrogen) atoms. The first-order chi connectivity index (χ1) is 16.1. The lowest BCUT2D eigenvalue weighted by Gasteiger charge is -2.33. The van der Waals surface area contributed by atoms with Gasteiger partial charge in [0.25, 0.3) is 0 Å². The van der Waals surface area contributed by atoms with Gasteiger partial charge >= 0.3 is 0 Å². The number of nitrogens with zero attached hydrogens (tertiary/aromatic N) is 6. The van der Waals surface area contributed by atoms with Gasteiger partial charge in [-0.15, -0.1) is 0 Å². The van der Waals surface area contributed by atoms with Crippen LogP contribution >= 0.6 is 11.6 Å². The molecule has 2 bridgehead atoms. The molecule has 2 aliphatic heterocycles. The number of fused-ring (bicyclic) bond motifs is 4. The molecule has 11 heteroatoms. The minimum atomic E-state index is -0.469. The Kier molecular flexibility index (Phi) is 4.29. The van der Waals surface area contributed by atoms with E-state index in [1.165, 1.54) is 43.4 Å². The number of hydrogen-bond acceptors (Lipinski definition) is 7. The van der Waals surface area contributed by atoms with Gasteiger partial charge in [0.2, 0.25) is 11.9 Å². The maximum absolute atomic E-state index is 13.8. The van der Waals surface area contributed by atoms with Crippen LogP contribution in [0.25, 0.3) is 16.7 Å². The van der Waals surface area contributed by atoms with E-state index in [9.17, 15) is 4.39 Å². The zero-order valence-corrected chi connectivity index (χ0v) is 18.6. The van der Waals surface area contributed by atoms with Gasteiger partial charge in [0.15, 0.2) is 5.65 Å². The van der Waals surface area contributed by atoms with Crippen molar-refractivity contribution in [1.82, 2.24) is 34.9 Å². The average molecular weight is 468 g/mol. The van der Waals surface area contributed by atoms with Gasteiger partial charge in [0.1, 0.15) is 11.6 Å². The molecule has 1 saturated carbocycles. The van der Waals surface area contributed by atoms with Crippen molar-refractivity contribution in [3.63, 3.8) is 0 Å². The van der Waals surface area contributed by atoms with Crippen LogP contribution < -0.4 is 15.5 Å². The predicted octanol–water partition coefficient (Wildman–Crippen LogP) is 3.22. The van der Waals surface area contributed by atoms with E-state index >= 15 is 0 Å². The van der Waals surface area contributed by atoms with Crippen molar-refractivity contribution in [2.24, 2.45) is 0 Å². The van der Waals surface area contributed by atoms with Crippen LogP contribution in [0.15, 0.2) is 18.3 Å². The molecule has 4 aromatic rings. The fourth-order valence-corrected chi connectivity index (χ4v) is 5.24. The molecule has 1 aliphatic carbocycles. The Labute approximate surface area is 193 Å². The first kappa shape index (κ1) is 19.5. The summed E-state index contributed by atoms with van der Waals surface area (Å²) in [5.74, 6) is 2.09. The number of benzene rings is 1. The molecule has 3 aliphatic rings. The van der Waals surface area contributed by atoms with E-state index in [1.807, 2.05) is 6.20 Å². The van der Waals surface area contributed by atoms with Crippen LogP contribution in [0.1, 0.15) is 43.0 Å². The van der Waals surface area contributed by atoms with E-state index in [0.29, 0.717) is 47.4 Å². The van der Waals surface area contributed by atoms with E-state index in [4.69, 9.17) is 21.6 Å². The van der Waals surface area contributed by atoms with Crippen LogP contribution in [0.5, 0.6) is 0 Å². The van der Waals surface area contributed by atoms with Gasteiger partial charge < -0.3 is 20.5 Å². The number of imidazole rings is 1. The molecule has 1 aromatic carbocycles. The van der Waals surface area contributed by atoms with Crippen molar-refractivity contribution in [1.29, 1.82) is 0 Å². The first-order valence-electron chi connectivity index (χ1n) is 11.4. The lowest BCUT2D eigenvalue weighted by atomic mass is 10.2. The molecular formula is C22H23ClFN9. The molecule has 3 fully saturated rings. The Morgan fingerprint density at radius 1 is 1.09 bits per heavy atom. The van der Waals surface area contributed by atoms with Gasteiger partial charge in [-0.2, -0.15) is 19.6 Å². The highest BCUT2D eigenvalue weighted by Crippen LogP contribution is 2.42. The third kappa shape index (κ3) is 3.39. The molecule has 0 radical (unpaired) electrons. The molecule has 2 atom stereocenters. The molecule has 7 rings (SSSR count). The SMILES string of the molecule is Fc1cc2[nH]c(CNc3nc(N4CC5CCC(C4)N5)nc4c(C5CC5)cnn34)nc2cc1Cl. The van der Waals surface area contributed by atoms with Crippen LogP contribution in [-0.2, 0) is 6.54 Å². The zero-order valence-electron chi connectivity index (χ0n) is 17.9. The summed E-state index contributed by atoms with van der Waals surface area (Å²) in [6.45, 7) is 2.20. The highest BCUT2D eigenvalue weighted by Gasteiger charge is 2.34. The first-order valence-corrected chi connectivity index (χ1v) is 11.8. The molecule has 0 spiro atoms. The lowest BCUT2D eigenvalue weighted by molar-refractivity contribution is 0.460. The molecule has 0 amide bonds. The van der Waals surface area contributed by atoms with Crippen LogP contribution in [0.3, 0.4) is 0 Å². The number of H-pyrrole nitrogens is 1. The third-order valence-electron chi connectivity index (χ3n) is 6.89. The van der Waals surface area contributed by atoms with E-state index in [0.717, 1.165) is 24.7 Å². The standard InChI is InChI=1S/C22H23ClFN9/c23-15-5-17-18(6-16(15)24)29-19(28-17)8-25-21-31-22(32-9-12-3-4-13(10-32)27-12)30-20-14(11-1-2-11)7-26-33(20)21/h5-7,11-13,27H,1-4,8-10H2,(H,28,29)(H,25,30,31). The quantitative estimate of drug-likeness (QED) is 0.414. The van der Waals surface area contributed by atoms with E-state index in [2.05, 4.69) is 30.6 Å². The largest absolute Gasteiger partial charge is 0.347 e. The fourth-order valence-electron chi connectivity index (χ4n) is 5.09. The molecule has 3 aromatic heterocycles. The van der Waals surface area contributed by atoms with Gasteiger partial charge in [0.05, 0.1) is 28.8 Å². The number of nitrogens with one attached hydrogen (secondary N) is 3. The zero-order chi connectivity index (χ0) is 22.1. The molecule has 170 valence electrons. The number of anilines is 2. The topological polar surface area (TPSA) is 99.1 Å². The van der Waals surface area contributed by atoms with Crippen molar-refractivity contribution in [2.45, 2.75) is 50.2 Å². The summed E-state index contributed by atoms with van der Waals surface area (Å²) in [7, 11) is 0. The predicted molar refractivity (Wildman–Crippen MR) is 123 cm³/mol. The minimum absolute atomic E-state index is 0.0600. The molecule has 9 nitrogen and oxygen atoms in total. The van der Waals surface area contributed by atoms with Gasteiger partial charge in [-0.1, -0.05) is 11.6 Å². The molecule has 2 saturated heterocycles. The van der Waals surface area contributed by atoms with Crippen LogP contribution in [0, 0.1) is 5.82 Å². The van der Waals surface area contributed by atoms with Crippen molar-refractivity contribution in [2.75, 3.05) is 23.3 Å². The lowest BCUT2D eigenvalue weighted by Crippen LogP contribution is -2.51. The van der Waals surface area contributed by atoms with Gasteiger partial charge in [-0.05, 0) is 37.7 Å². The summed E-state index contributed by atoms with van der Waals surface area (Å²) in [5, 5.41) is 11.7. The third-order valence-corrected chi connectivity index (χ3v) is 7.18. The summed E-state index contributed by atoms with van der Waals surface area (Å²) in [6, 6.07) is 3.89. The van der Waals surface area contributed by atoms with Crippen molar-refractivity contribution >= 4 is 40.2 Å². The van der Waals surface area contributed by atoms with Crippen LogP contribution in [0.4, 0.5) is 16.3 Å². The summed E-state index contributed by atoms with van der Waals surface area (Å²) < 4.78 is 15.6. The smallest absolute Gasteiger partial charge is 0.230 e. The van der Waals surface area contributed by atoms with Gasteiger partial charge in [0, 0.05) is 36.8 Å². The summed E-state index contributed by atoms with van der Waals surface area (Å²) in [6.07, 6.45) is 6.68. The highest BCUT2D eigenvalue weighted by atomic mass is 35.5. The highest BCUT2D eigenvalue weighted by molar-refractivity contribution is 6.31. The summed E-state index contributed by atoms with van der Waals surface area (Å²) >= 11 is 5.90. The summed E-state index contributed by atoms with van der Waals surface area (Å²) in [4.78, 5) is 19.8. The number of piperazine rings is 1. The molecular weight excluding hydrogens is 445 g/mol. The number of halogens is 2. The number of aromatic nitrogens is 6. The van der Waals surface area contributed by atoms with Gasteiger partial charge in [-0.3, -0.25) is 0 Å². The molecule has 2 unspecified atom stereocenters. The van der Waals surface area contributed by atoms with Gasteiger partial charge in [-0.25, -0.2) is 9.37 Å². The normalized spacial score (nSPS) is 22.5. The van der Waals surface area contributed by atoms with Crippen molar-refractivity contribution < 1.29 is 4.39 Å². The van der Waals surface area contributed by atoms with E-state index in [1.54, 1.807) is 4.52 Å². The van der Waals surface area contributed by atoms with Crippen molar-refractivity contribution in [3.8, 4) is 0 Å². The number of rotatable bonds is 5. The molecule has 5 heterocycles. The monoisotopic (exact) mass is 467 g/mol. The Bertz CT molecular complexity index is 1330.